The number of aromatic nitrogens is 2. The lowest BCUT2D eigenvalue weighted by molar-refractivity contribution is -0.115. The second-order valence-electron chi connectivity index (χ2n) is 5.53. The number of anilines is 1. The summed E-state index contributed by atoms with van der Waals surface area (Å²) in [4.78, 5) is 16.8. The molecule has 24 heavy (non-hydrogen) atoms. The Labute approximate surface area is 142 Å². The Hall–Kier alpha value is -2.73. The fourth-order valence-corrected chi connectivity index (χ4v) is 3.57. The number of thiazole rings is 1. The number of aryl methyl sites for hydroxylation is 1. The third-order valence-corrected chi connectivity index (χ3v) is 4.82. The van der Waals surface area contributed by atoms with Gasteiger partial charge in [-0.2, -0.15) is 0 Å². The summed E-state index contributed by atoms with van der Waals surface area (Å²) in [7, 11) is 0. The van der Waals surface area contributed by atoms with Crippen molar-refractivity contribution in [2.24, 2.45) is 0 Å². The second kappa shape index (κ2) is 6.05. The quantitative estimate of drug-likeness (QED) is 0.606. The van der Waals surface area contributed by atoms with Gasteiger partial charge in [-0.15, -0.1) is 0 Å². The van der Waals surface area contributed by atoms with Crippen LogP contribution in [-0.4, -0.2) is 16.0 Å². The number of para-hydroxylation sites is 1. The molecule has 2 aromatic carbocycles. The van der Waals surface area contributed by atoms with Crippen LogP contribution >= 0.6 is 11.3 Å². The van der Waals surface area contributed by atoms with Crippen LogP contribution in [0.1, 0.15) is 18.2 Å². The highest BCUT2D eigenvalue weighted by atomic mass is 32.1. The van der Waals surface area contributed by atoms with Crippen molar-refractivity contribution in [1.82, 2.24) is 10.1 Å². The summed E-state index contributed by atoms with van der Waals surface area (Å²) >= 11 is 1.48. The maximum absolute atomic E-state index is 12.3. The molecule has 0 spiro atoms. The molecule has 5 nitrogen and oxygen atoms in total. The van der Waals surface area contributed by atoms with Crippen molar-refractivity contribution < 1.29 is 9.32 Å². The Morgan fingerprint density at radius 3 is 3.00 bits per heavy atom. The number of hydrogen-bond donors (Lipinski definition) is 1. The molecule has 0 saturated heterocycles. The van der Waals surface area contributed by atoms with Crippen molar-refractivity contribution in [3.8, 4) is 0 Å². The highest BCUT2D eigenvalue weighted by molar-refractivity contribution is 7.22. The summed E-state index contributed by atoms with van der Waals surface area (Å²) in [5, 5.41) is 8.32. The maximum atomic E-state index is 12.3. The topological polar surface area (TPSA) is 68.0 Å². The fourth-order valence-electron chi connectivity index (χ4n) is 2.62. The first kappa shape index (κ1) is 14.8. The first-order valence-corrected chi connectivity index (χ1v) is 8.57. The van der Waals surface area contributed by atoms with Crippen molar-refractivity contribution in [1.29, 1.82) is 0 Å². The molecule has 1 amide bonds. The molecule has 0 atom stereocenters. The largest absolute Gasteiger partial charge is 0.356 e. The van der Waals surface area contributed by atoms with Gasteiger partial charge in [0.1, 0.15) is 5.69 Å². The zero-order chi connectivity index (χ0) is 16.5. The van der Waals surface area contributed by atoms with E-state index in [9.17, 15) is 4.79 Å². The molecular weight excluding hydrogens is 322 g/mol. The van der Waals surface area contributed by atoms with E-state index in [4.69, 9.17) is 4.52 Å². The number of carbonyl (C=O) groups excluding carboxylic acids is 1. The van der Waals surface area contributed by atoms with Gasteiger partial charge in [0, 0.05) is 5.39 Å². The average Bonchev–Trinajstić information content (AvgIpc) is 3.17. The number of fused-ring (bicyclic) bond motifs is 2. The molecule has 0 aliphatic carbocycles. The first-order valence-electron chi connectivity index (χ1n) is 7.75. The minimum Gasteiger partial charge on any atom is -0.356 e. The molecule has 0 radical (unpaired) electrons. The summed E-state index contributed by atoms with van der Waals surface area (Å²) in [6, 6.07) is 13.7. The van der Waals surface area contributed by atoms with E-state index >= 15 is 0 Å². The highest BCUT2D eigenvalue weighted by Crippen LogP contribution is 2.27. The van der Waals surface area contributed by atoms with Crippen molar-refractivity contribution in [3.05, 3.63) is 53.7 Å². The monoisotopic (exact) mass is 337 g/mol. The molecule has 4 aromatic rings. The van der Waals surface area contributed by atoms with Crippen LogP contribution in [-0.2, 0) is 17.6 Å². The Bertz CT molecular complexity index is 1040. The summed E-state index contributed by atoms with van der Waals surface area (Å²) < 4.78 is 6.31. The molecule has 6 heteroatoms. The van der Waals surface area contributed by atoms with Crippen LogP contribution < -0.4 is 5.32 Å². The zero-order valence-electron chi connectivity index (χ0n) is 13.1. The molecule has 0 aliphatic rings. The van der Waals surface area contributed by atoms with E-state index in [0.29, 0.717) is 16.4 Å². The number of nitrogens with zero attached hydrogens (tertiary/aromatic N) is 2. The van der Waals surface area contributed by atoms with Crippen molar-refractivity contribution in [3.63, 3.8) is 0 Å². The molecule has 0 fully saturated rings. The number of rotatable bonds is 4. The minimum absolute atomic E-state index is 0.149. The maximum Gasteiger partial charge on any atom is 0.232 e. The smallest absolute Gasteiger partial charge is 0.232 e. The Kier molecular flexibility index (Phi) is 3.74. The van der Waals surface area contributed by atoms with Crippen molar-refractivity contribution in [2.75, 3.05) is 5.32 Å². The Morgan fingerprint density at radius 1 is 1.25 bits per heavy atom. The molecule has 2 heterocycles. The predicted octanol–water partition coefficient (Wildman–Crippen LogP) is 4.18. The van der Waals surface area contributed by atoms with Crippen molar-refractivity contribution in [2.45, 2.75) is 19.8 Å². The zero-order valence-corrected chi connectivity index (χ0v) is 13.9. The molecule has 0 saturated carbocycles. The van der Waals surface area contributed by atoms with Gasteiger partial charge in [-0.3, -0.25) is 4.79 Å². The van der Waals surface area contributed by atoms with E-state index in [1.54, 1.807) is 0 Å². The Balaban J connectivity index is 1.53. The third kappa shape index (κ3) is 2.76. The van der Waals surface area contributed by atoms with E-state index in [1.807, 2.05) is 30.3 Å². The van der Waals surface area contributed by atoms with Gasteiger partial charge in [0.15, 0.2) is 10.7 Å². The SMILES string of the molecule is CCc1ccc2nc(NC(=O)Cc3noc4ccccc34)sc2c1. The standard InChI is InChI=1S/C18H15N3O2S/c1-2-11-7-8-13-16(9-11)24-18(19-13)20-17(22)10-14-12-5-3-4-6-15(12)23-21-14/h3-9H,2,10H2,1H3,(H,19,20,22). The number of benzene rings is 2. The van der Waals surface area contributed by atoms with Crippen LogP contribution in [0.3, 0.4) is 0 Å². The lowest BCUT2D eigenvalue weighted by Crippen LogP contribution is -2.14. The molecule has 0 aliphatic heterocycles. The summed E-state index contributed by atoms with van der Waals surface area (Å²) in [5.74, 6) is -0.149. The number of hydrogen-bond acceptors (Lipinski definition) is 5. The van der Waals surface area contributed by atoms with Gasteiger partial charge < -0.3 is 9.84 Å². The summed E-state index contributed by atoms with van der Waals surface area (Å²) in [6.07, 6.45) is 1.14. The highest BCUT2D eigenvalue weighted by Gasteiger charge is 2.14. The molecular formula is C18H15N3O2S. The second-order valence-corrected chi connectivity index (χ2v) is 6.56. The van der Waals surface area contributed by atoms with Gasteiger partial charge in [0.2, 0.25) is 5.91 Å². The average molecular weight is 337 g/mol. The minimum atomic E-state index is -0.149. The number of nitrogens with one attached hydrogen (secondary N) is 1. The first-order chi connectivity index (χ1) is 11.7. The van der Waals surface area contributed by atoms with Gasteiger partial charge in [-0.05, 0) is 36.2 Å². The molecule has 0 unspecified atom stereocenters. The number of carbonyl (C=O) groups is 1. The van der Waals surface area contributed by atoms with E-state index in [-0.39, 0.29) is 12.3 Å². The van der Waals surface area contributed by atoms with Gasteiger partial charge in [-0.25, -0.2) is 4.98 Å². The third-order valence-electron chi connectivity index (χ3n) is 3.89. The molecule has 4 rings (SSSR count). The van der Waals surface area contributed by atoms with Crippen LogP contribution in [0.15, 0.2) is 47.0 Å². The predicted molar refractivity (Wildman–Crippen MR) is 95.3 cm³/mol. The van der Waals surface area contributed by atoms with Crippen LogP contribution in [0.2, 0.25) is 0 Å². The van der Waals surface area contributed by atoms with Crippen LogP contribution in [0, 0.1) is 0 Å². The lowest BCUT2D eigenvalue weighted by atomic mass is 10.2. The lowest BCUT2D eigenvalue weighted by Gasteiger charge is -1.98. The van der Waals surface area contributed by atoms with Crippen molar-refractivity contribution >= 4 is 43.6 Å². The van der Waals surface area contributed by atoms with Crippen LogP contribution in [0.5, 0.6) is 0 Å². The summed E-state index contributed by atoms with van der Waals surface area (Å²) in [5.41, 5.74) is 3.49. The van der Waals surface area contributed by atoms with E-state index in [0.717, 1.165) is 22.0 Å². The van der Waals surface area contributed by atoms with E-state index < -0.39 is 0 Å². The van der Waals surface area contributed by atoms with Gasteiger partial charge in [-0.1, -0.05) is 41.6 Å². The van der Waals surface area contributed by atoms with Crippen LogP contribution in [0.4, 0.5) is 5.13 Å². The molecule has 2 aromatic heterocycles. The number of amides is 1. The van der Waals surface area contributed by atoms with Gasteiger partial charge >= 0.3 is 0 Å². The van der Waals surface area contributed by atoms with Gasteiger partial charge in [0.05, 0.1) is 16.6 Å². The Morgan fingerprint density at radius 2 is 2.12 bits per heavy atom. The fraction of sp³-hybridized carbons (Fsp3) is 0.167. The normalized spacial score (nSPS) is 11.2. The van der Waals surface area contributed by atoms with E-state index in [1.165, 1.54) is 16.9 Å². The van der Waals surface area contributed by atoms with E-state index in [2.05, 4.69) is 34.5 Å². The summed E-state index contributed by atoms with van der Waals surface area (Å²) in [6.45, 7) is 2.12. The van der Waals surface area contributed by atoms with Gasteiger partial charge in [0.25, 0.3) is 0 Å². The molecule has 1 N–H and O–H groups in total. The molecule has 120 valence electrons. The molecule has 0 bridgehead atoms. The van der Waals surface area contributed by atoms with Crippen LogP contribution in [0.25, 0.3) is 21.2 Å².